The Bertz CT molecular complexity index is 1090. The van der Waals surface area contributed by atoms with E-state index < -0.39 is 5.85 Å². The van der Waals surface area contributed by atoms with Crippen LogP contribution in [0.15, 0.2) is 65.9 Å². The molecular formula is C24H27ClN4O3. The molecule has 8 heteroatoms. The first-order chi connectivity index (χ1) is 15.0. The summed E-state index contributed by atoms with van der Waals surface area (Å²) in [5.41, 5.74) is 4.20. The average Bonchev–Trinajstić information content (AvgIpc) is 2.80. The van der Waals surface area contributed by atoms with E-state index in [2.05, 4.69) is 27.5 Å². The summed E-state index contributed by atoms with van der Waals surface area (Å²) in [4.78, 5) is 8.60. The molecule has 7 nitrogen and oxygen atoms in total. The minimum atomic E-state index is -1.13. The summed E-state index contributed by atoms with van der Waals surface area (Å²) in [5, 5.41) is 16.5. The van der Waals surface area contributed by atoms with Crippen LogP contribution in [0, 0.1) is 6.92 Å². The number of nitrogens with one attached hydrogen (secondary N) is 2. The van der Waals surface area contributed by atoms with Gasteiger partial charge in [0, 0.05) is 37.3 Å². The third-order valence-corrected chi connectivity index (χ3v) is 5.37. The number of fused-ring (bicyclic) bond motifs is 1. The molecule has 1 aliphatic rings. The fourth-order valence-corrected chi connectivity index (χ4v) is 3.60. The van der Waals surface area contributed by atoms with Crippen LogP contribution in [0.4, 0.5) is 11.4 Å². The number of nitrogens with zero attached hydrogens (tertiary/aromatic N) is 2. The molecule has 3 N–H and O–H groups in total. The van der Waals surface area contributed by atoms with E-state index in [1.54, 1.807) is 31.9 Å². The molecule has 0 aliphatic carbocycles. The van der Waals surface area contributed by atoms with Crippen molar-refractivity contribution in [2.45, 2.75) is 32.2 Å². The van der Waals surface area contributed by atoms with Crippen molar-refractivity contribution in [2.75, 3.05) is 17.7 Å². The lowest BCUT2D eigenvalue weighted by atomic mass is 10.0. The van der Waals surface area contributed by atoms with Gasteiger partial charge in [0.05, 0.1) is 17.6 Å². The van der Waals surface area contributed by atoms with Crippen molar-refractivity contribution in [3.8, 4) is 11.5 Å². The van der Waals surface area contributed by atoms with Gasteiger partial charge in [-0.3, -0.25) is 4.98 Å². The number of hydrogen-bond donors (Lipinski definition) is 3. The van der Waals surface area contributed by atoms with Gasteiger partial charge in [0.2, 0.25) is 0 Å². The average molecular weight is 455 g/mol. The molecular weight excluding hydrogens is 428 g/mol. The quantitative estimate of drug-likeness (QED) is 0.416. The van der Waals surface area contributed by atoms with Gasteiger partial charge in [0.15, 0.2) is 0 Å². The Balaban J connectivity index is 0.00000289. The van der Waals surface area contributed by atoms with Crippen LogP contribution in [0.2, 0.25) is 0 Å². The number of anilines is 2. The lowest BCUT2D eigenvalue weighted by Crippen LogP contribution is -2.39. The van der Waals surface area contributed by atoms with E-state index in [0.29, 0.717) is 5.69 Å². The first kappa shape index (κ1) is 23.4. The molecule has 2 aromatic carbocycles. The molecule has 0 spiro atoms. The molecule has 0 bridgehead atoms. The van der Waals surface area contributed by atoms with Gasteiger partial charge in [-0.05, 0) is 54.8 Å². The van der Waals surface area contributed by atoms with E-state index >= 15 is 0 Å². The number of rotatable bonds is 7. The maximum absolute atomic E-state index is 10.1. The maximum Gasteiger partial charge on any atom is 0.267 e. The number of halogens is 1. The highest BCUT2D eigenvalue weighted by molar-refractivity contribution is 5.85. The fraction of sp³-hybridized carbons (Fsp3) is 0.250. The van der Waals surface area contributed by atoms with Gasteiger partial charge in [-0.25, -0.2) is 4.99 Å². The molecule has 0 amide bonds. The molecule has 1 aromatic heterocycles. The topological polar surface area (TPSA) is 88.0 Å². The normalized spacial score (nSPS) is 17.5. The van der Waals surface area contributed by atoms with Gasteiger partial charge in [0.25, 0.3) is 5.85 Å². The van der Waals surface area contributed by atoms with Crippen molar-refractivity contribution in [1.29, 1.82) is 0 Å². The second-order valence-electron chi connectivity index (χ2n) is 7.38. The molecule has 2 heterocycles. The number of benzene rings is 2. The van der Waals surface area contributed by atoms with E-state index in [0.717, 1.165) is 34.5 Å². The lowest BCUT2D eigenvalue weighted by molar-refractivity contribution is 0.0191. The predicted molar refractivity (Wildman–Crippen MR) is 129 cm³/mol. The van der Waals surface area contributed by atoms with Crippen molar-refractivity contribution in [2.24, 2.45) is 4.99 Å². The van der Waals surface area contributed by atoms with Gasteiger partial charge in [-0.1, -0.05) is 13.0 Å². The molecule has 3 aromatic rings. The molecule has 168 valence electrons. The van der Waals surface area contributed by atoms with Crippen LogP contribution >= 0.6 is 12.4 Å². The summed E-state index contributed by atoms with van der Waals surface area (Å²) in [6, 6.07) is 15.1. The predicted octanol–water partition coefficient (Wildman–Crippen LogP) is 5.37. The van der Waals surface area contributed by atoms with E-state index in [4.69, 9.17) is 9.47 Å². The monoisotopic (exact) mass is 454 g/mol. The summed E-state index contributed by atoms with van der Waals surface area (Å²) in [6.45, 7) is 3.94. The minimum Gasteiger partial charge on any atom is -0.508 e. The van der Waals surface area contributed by atoms with Gasteiger partial charge in [0.1, 0.15) is 17.6 Å². The first-order valence-electron chi connectivity index (χ1n) is 10.2. The second-order valence-corrected chi connectivity index (χ2v) is 7.38. The van der Waals surface area contributed by atoms with Crippen LogP contribution < -0.4 is 15.4 Å². The zero-order valence-corrected chi connectivity index (χ0v) is 19.0. The van der Waals surface area contributed by atoms with Crippen LogP contribution in [0.5, 0.6) is 11.5 Å². The van der Waals surface area contributed by atoms with Gasteiger partial charge >= 0.3 is 0 Å². The highest BCUT2D eigenvalue weighted by Gasteiger charge is 2.36. The van der Waals surface area contributed by atoms with Gasteiger partial charge < -0.3 is 25.2 Å². The zero-order valence-electron chi connectivity index (χ0n) is 18.2. The third-order valence-electron chi connectivity index (χ3n) is 5.37. The standard InChI is InChI=1S/C24H26N4O3.ClH/c1-4-23(17-9-11-25-12-10-17)31-19-7-8-20-21(14-19)26-15-27-24(20,30-3)28-18-6-5-16(2)22(29)13-18;/h5-15,23,28-29H,4H2,1-3H3,(H,26,27);1H. The molecule has 1 aliphatic heterocycles. The SMILES string of the molecule is CCC(Oc1ccc2c(c1)NC=NC2(Nc1ccc(C)c(O)c1)OC)c1ccncc1.Cl. The van der Waals surface area contributed by atoms with Crippen molar-refractivity contribution in [3.05, 3.63) is 77.6 Å². The maximum atomic E-state index is 10.1. The summed E-state index contributed by atoms with van der Waals surface area (Å²) in [7, 11) is 1.59. The summed E-state index contributed by atoms with van der Waals surface area (Å²) < 4.78 is 12.1. The second kappa shape index (κ2) is 9.89. The summed E-state index contributed by atoms with van der Waals surface area (Å²) >= 11 is 0. The number of phenolic OH excluding ortho intramolecular Hbond substituents is 1. The number of hydrogen-bond acceptors (Lipinski definition) is 7. The van der Waals surface area contributed by atoms with Crippen molar-refractivity contribution >= 4 is 30.1 Å². The van der Waals surface area contributed by atoms with Crippen LogP contribution in [0.25, 0.3) is 0 Å². The number of ether oxygens (including phenoxy) is 2. The van der Waals surface area contributed by atoms with E-state index in [9.17, 15) is 5.11 Å². The van der Waals surface area contributed by atoms with Crippen molar-refractivity contribution < 1.29 is 14.6 Å². The largest absolute Gasteiger partial charge is 0.508 e. The molecule has 4 rings (SSSR count). The molecule has 0 radical (unpaired) electrons. The number of aromatic nitrogens is 1. The number of pyridine rings is 1. The third kappa shape index (κ3) is 4.64. The Hall–Kier alpha value is -3.29. The van der Waals surface area contributed by atoms with Gasteiger partial charge in [-0.15, -0.1) is 12.4 Å². The molecule has 0 saturated carbocycles. The molecule has 32 heavy (non-hydrogen) atoms. The Labute approximate surface area is 193 Å². The fourth-order valence-electron chi connectivity index (χ4n) is 3.60. The molecule has 0 saturated heterocycles. The summed E-state index contributed by atoms with van der Waals surface area (Å²) in [5.74, 6) is -0.182. The smallest absolute Gasteiger partial charge is 0.267 e. The van der Waals surface area contributed by atoms with E-state index in [1.165, 1.54) is 0 Å². The van der Waals surface area contributed by atoms with Crippen molar-refractivity contribution in [3.63, 3.8) is 0 Å². The minimum absolute atomic E-state index is 0. The molecule has 2 atom stereocenters. The Morgan fingerprint density at radius 1 is 1.12 bits per heavy atom. The number of aromatic hydroxyl groups is 1. The highest BCUT2D eigenvalue weighted by Crippen LogP contribution is 2.39. The lowest BCUT2D eigenvalue weighted by Gasteiger charge is -2.34. The highest BCUT2D eigenvalue weighted by atomic mass is 35.5. The first-order valence-corrected chi connectivity index (χ1v) is 10.2. The Morgan fingerprint density at radius 2 is 1.91 bits per heavy atom. The Kier molecular flexibility index (Phi) is 7.22. The number of aryl methyl sites for hydroxylation is 1. The number of methoxy groups -OCH3 is 1. The number of phenols is 1. The molecule has 0 fully saturated rings. The van der Waals surface area contributed by atoms with Gasteiger partial charge in [-0.2, -0.15) is 0 Å². The van der Waals surface area contributed by atoms with Crippen LogP contribution in [0.3, 0.4) is 0 Å². The van der Waals surface area contributed by atoms with Crippen LogP contribution in [0.1, 0.15) is 36.1 Å². The van der Waals surface area contributed by atoms with Crippen LogP contribution in [-0.2, 0) is 10.6 Å². The molecule has 2 unspecified atom stereocenters. The van der Waals surface area contributed by atoms with Crippen LogP contribution in [-0.4, -0.2) is 23.5 Å². The van der Waals surface area contributed by atoms with Crippen molar-refractivity contribution in [1.82, 2.24) is 4.98 Å². The summed E-state index contributed by atoms with van der Waals surface area (Å²) in [6.07, 6.45) is 5.90. The zero-order chi connectivity index (χ0) is 21.8. The number of aliphatic imine (C=N–C) groups is 1. The van der Waals surface area contributed by atoms with E-state index in [1.807, 2.05) is 49.4 Å². The Morgan fingerprint density at radius 3 is 2.59 bits per heavy atom. The van der Waals surface area contributed by atoms with E-state index in [-0.39, 0.29) is 24.3 Å².